The molecule has 0 spiro atoms. The van der Waals surface area contributed by atoms with Crippen molar-refractivity contribution in [2.75, 3.05) is 23.4 Å². The van der Waals surface area contributed by atoms with Crippen molar-refractivity contribution in [3.63, 3.8) is 0 Å². The summed E-state index contributed by atoms with van der Waals surface area (Å²) in [6.45, 7) is 8.49. The van der Waals surface area contributed by atoms with E-state index >= 15 is 0 Å². The van der Waals surface area contributed by atoms with Crippen LogP contribution in [0.4, 0.5) is 6.01 Å². The fourth-order valence-corrected chi connectivity index (χ4v) is 1.90. The minimum atomic E-state index is -2.98. The molecule has 1 heterocycles. The molecule has 8 heteroatoms. The molecule has 0 unspecified atom stereocenters. The molecule has 7 nitrogen and oxygen atoms in total. The van der Waals surface area contributed by atoms with Crippen molar-refractivity contribution < 1.29 is 12.8 Å². The number of hydrogen-bond acceptors (Lipinski definition) is 7. The smallest absolute Gasteiger partial charge is 0.315 e. The summed E-state index contributed by atoms with van der Waals surface area (Å²) in [7, 11) is -2.98. The molecule has 0 aromatic carbocycles. The van der Waals surface area contributed by atoms with Gasteiger partial charge in [0.2, 0.25) is 5.89 Å². The van der Waals surface area contributed by atoms with Gasteiger partial charge in [-0.25, -0.2) is 8.42 Å². The van der Waals surface area contributed by atoms with Crippen LogP contribution in [0.15, 0.2) is 4.42 Å². The molecule has 0 saturated carbocycles. The van der Waals surface area contributed by atoms with E-state index in [9.17, 15) is 8.42 Å². The van der Waals surface area contributed by atoms with Crippen LogP contribution in [0.1, 0.15) is 33.6 Å². The Balaban J connectivity index is 2.39. The molecule has 0 aliphatic heterocycles. The van der Waals surface area contributed by atoms with Crippen LogP contribution in [0, 0.1) is 0 Å². The van der Waals surface area contributed by atoms with E-state index in [0.29, 0.717) is 12.4 Å². The average molecular weight is 290 g/mol. The van der Waals surface area contributed by atoms with E-state index < -0.39 is 9.84 Å². The number of aromatic nitrogens is 2. The third-order valence-electron chi connectivity index (χ3n) is 2.37. The fraction of sp³-hybridized carbons (Fsp3) is 0.818. The molecular formula is C11H22N4O3S. The minimum absolute atomic E-state index is 0.0305. The van der Waals surface area contributed by atoms with Gasteiger partial charge in [-0.1, -0.05) is 12.0 Å². The first kappa shape index (κ1) is 15.9. The second-order valence-electron chi connectivity index (χ2n) is 5.27. The Bertz CT molecular complexity index is 490. The highest BCUT2D eigenvalue weighted by Crippen LogP contribution is 2.07. The molecule has 110 valence electrons. The maximum atomic E-state index is 11.3. The highest BCUT2D eigenvalue weighted by molar-refractivity contribution is 7.91. The van der Waals surface area contributed by atoms with Gasteiger partial charge in [0, 0.05) is 17.8 Å². The van der Waals surface area contributed by atoms with Crippen LogP contribution >= 0.6 is 0 Å². The van der Waals surface area contributed by atoms with Crippen LogP contribution in [0.25, 0.3) is 0 Å². The summed E-state index contributed by atoms with van der Waals surface area (Å²) in [4.78, 5) is 0. The van der Waals surface area contributed by atoms with Crippen molar-refractivity contribution in [1.29, 1.82) is 0 Å². The Morgan fingerprint density at radius 3 is 2.53 bits per heavy atom. The number of anilines is 1. The lowest BCUT2D eigenvalue weighted by Crippen LogP contribution is -2.35. The van der Waals surface area contributed by atoms with E-state index in [-0.39, 0.29) is 29.6 Å². The zero-order chi connectivity index (χ0) is 14.5. The van der Waals surface area contributed by atoms with E-state index in [4.69, 9.17) is 4.42 Å². The molecule has 1 aromatic rings. The SMILES string of the molecule is CCS(=O)(=O)CCNc1nnc(CNC(C)(C)C)o1. The topological polar surface area (TPSA) is 97.1 Å². The summed E-state index contributed by atoms with van der Waals surface area (Å²) < 4.78 is 27.9. The number of sulfone groups is 1. The van der Waals surface area contributed by atoms with Crippen LogP contribution in [0.5, 0.6) is 0 Å². The van der Waals surface area contributed by atoms with Gasteiger partial charge >= 0.3 is 6.01 Å². The van der Waals surface area contributed by atoms with Gasteiger partial charge in [0.1, 0.15) is 0 Å². The third-order valence-corrected chi connectivity index (χ3v) is 4.07. The van der Waals surface area contributed by atoms with Crippen molar-refractivity contribution in [2.45, 2.75) is 39.8 Å². The Labute approximate surface area is 114 Å². The number of rotatable bonds is 7. The summed E-state index contributed by atoms with van der Waals surface area (Å²) in [6.07, 6.45) is 0. The van der Waals surface area contributed by atoms with Gasteiger partial charge in [-0.3, -0.25) is 0 Å². The zero-order valence-corrected chi connectivity index (χ0v) is 12.7. The van der Waals surface area contributed by atoms with Crippen LogP contribution in [-0.2, 0) is 16.4 Å². The van der Waals surface area contributed by atoms with Crippen molar-refractivity contribution in [3.8, 4) is 0 Å². The molecule has 0 amide bonds. The van der Waals surface area contributed by atoms with Gasteiger partial charge in [0.15, 0.2) is 9.84 Å². The molecule has 0 atom stereocenters. The maximum absolute atomic E-state index is 11.3. The molecule has 1 aromatic heterocycles. The standard InChI is InChI=1S/C11H22N4O3S/c1-5-19(16,17)7-6-12-10-15-14-9(18-10)8-13-11(2,3)4/h13H,5-8H2,1-4H3,(H,12,15). The number of hydrogen-bond donors (Lipinski definition) is 2. The molecule has 0 radical (unpaired) electrons. The largest absolute Gasteiger partial charge is 0.407 e. The monoisotopic (exact) mass is 290 g/mol. The van der Waals surface area contributed by atoms with Gasteiger partial charge in [0.05, 0.1) is 12.3 Å². The van der Waals surface area contributed by atoms with Gasteiger partial charge in [0.25, 0.3) is 0 Å². The molecule has 0 fully saturated rings. The van der Waals surface area contributed by atoms with Crippen molar-refractivity contribution in [3.05, 3.63) is 5.89 Å². The van der Waals surface area contributed by atoms with Gasteiger partial charge in [-0.05, 0) is 20.8 Å². The Hall–Kier alpha value is -1.15. The summed E-state index contributed by atoms with van der Waals surface area (Å²) in [5.41, 5.74) is -0.0305. The van der Waals surface area contributed by atoms with Crippen LogP contribution in [0.2, 0.25) is 0 Å². The van der Waals surface area contributed by atoms with Gasteiger partial charge in [-0.15, -0.1) is 5.10 Å². The van der Waals surface area contributed by atoms with E-state index in [2.05, 4.69) is 20.8 Å². The summed E-state index contributed by atoms with van der Waals surface area (Å²) >= 11 is 0. The van der Waals surface area contributed by atoms with Crippen LogP contribution in [0.3, 0.4) is 0 Å². The van der Waals surface area contributed by atoms with E-state index in [0.717, 1.165) is 0 Å². The predicted octanol–water partition coefficient (Wildman–Crippen LogP) is 0.804. The maximum Gasteiger partial charge on any atom is 0.315 e. The molecule has 19 heavy (non-hydrogen) atoms. The van der Waals surface area contributed by atoms with Crippen molar-refractivity contribution in [1.82, 2.24) is 15.5 Å². The van der Waals surface area contributed by atoms with E-state index in [1.807, 2.05) is 20.8 Å². The highest BCUT2D eigenvalue weighted by Gasteiger charge is 2.12. The van der Waals surface area contributed by atoms with Crippen LogP contribution < -0.4 is 10.6 Å². The Kier molecular flexibility index (Phi) is 5.30. The summed E-state index contributed by atoms with van der Waals surface area (Å²) in [5.74, 6) is 0.663. The van der Waals surface area contributed by atoms with E-state index in [1.54, 1.807) is 6.92 Å². The van der Waals surface area contributed by atoms with Crippen LogP contribution in [-0.4, -0.2) is 42.2 Å². The Morgan fingerprint density at radius 2 is 1.95 bits per heavy atom. The summed E-state index contributed by atoms with van der Waals surface area (Å²) in [6, 6.07) is 0.247. The lowest BCUT2D eigenvalue weighted by Gasteiger charge is -2.18. The number of nitrogens with one attached hydrogen (secondary N) is 2. The average Bonchev–Trinajstić information content (AvgIpc) is 2.73. The van der Waals surface area contributed by atoms with Gasteiger partial charge in [-0.2, -0.15) is 0 Å². The third kappa shape index (κ3) is 6.53. The lowest BCUT2D eigenvalue weighted by molar-refractivity contribution is 0.384. The Morgan fingerprint density at radius 1 is 1.26 bits per heavy atom. The molecule has 1 rings (SSSR count). The molecule has 0 aliphatic rings. The highest BCUT2D eigenvalue weighted by atomic mass is 32.2. The fourth-order valence-electron chi connectivity index (χ4n) is 1.20. The first-order valence-electron chi connectivity index (χ1n) is 6.23. The summed E-state index contributed by atoms with van der Waals surface area (Å²) in [5, 5.41) is 13.7. The zero-order valence-electron chi connectivity index (χ0n) is 11.9. The predicted molar refractivity (Wildman–Crippen MR) is 73.7 cm³/mol. The van der Waals surface area contributed by atoms with E-state index in [1.165, 1.54) is 0 Å². The number of nitrogens with zero attached hydrogens (tertiary/aromatic N) is 2. The second-order valence-corrected chi connectivity index (χ2v) is 7.74. The lowest BCUT2D eigenvalue weighted by atomic mass is 10.1. The first-order chi connectivity index (χ1) is 8.72. The quantitative estimate of drug-likeness (QED) is 0.766. The first-order valence-corrected chi connectivity index (χ1v) is 8.06. The molecule has 0 bridgehead atoms. The second kappa shape index (κ2) is 6.33. The molecule has 2 N–H and O–H groups in total. The van der Waals surface area contributed by atoms with Crippen molar-refractivity contribution >= 4 is 15.9 Å². The molecular weight excluding hydrogens is 268 g/mol. The van der Waals surface area contributed by atoms with Crippen molar-refractivity contribution in [2.24, 2.45) is 0 Å². The molecule has 0 aliphatic carbocycles. The normalized spacial score (nSPS) is 12.6. The molecule has 0 saturated heterocycles. The minimum Gasteiger partial charge on any atom is -0.407 e. The van der Waals surface area contributed by atoms with Gasteiger partial charge < -0.3 is 15.1 Å².